The van der Waals surface area contributed by atoms with Crippen LogP contribution in [0.4, 0.5) is 0 Å². The molecule has 4 atom stereocenters. The zero-order valence-electron chi connectivity index (χ0n) is 13.6. The first-order valence-corrected chi connectivity index (χ1v) is 9.20. The first-order valence-electron chi connectivity index (χ1n) is 8.15. The summed E-state index contributed by atoms with van der Waals surface area (Å²) in [6, 6.07) is 0.585. The van der Waals surface area contributed by atoms with Crippen molar-refractivity contribution in [3.8, 4) is 0 Å². The molecule has 0 spiro atoms. The van der Waals surface area contributed by atoms with E-state index in [0.717, 1.165) is 11.7 Å². The Morgan fingerprint density at radius 3 is 2.70 bits per heavy atom. The summed E-state index contributed by atoms with van der Waals surface area (Å²) in [6.07, 6.45) is 4.71. The average molecular weight is 304 g/mol. The maximum Gasteiger partial charge on any atom is 0.0897 e. The van der Waals surface area contributed by atoms with E-state index in [2.05, 4.69) is 44.8 Å². The highest BCUT2D eigenvalue weighted by atomic mass is 32.2. The van der Waals surface area contributed by atoms with Crippen LogP contribution >= 0.6 is 11.8 Å². The van der Waals surface area contributed by atoms with Gasteiger partial charge in [-0.2, -0.15) is 11.8 Å². The number of aliphatic hydroxyl groups is 1. The van der Waals surface area contributed by atoms with Crippen LogP contribution < -0.4 is 5.32 Å². The molecule has 2 N–H and O–H groups in total. The van der Waals surface area contributed by atoms with Crippen molar-refractivity contribution >= 4 is 11.8 Å². The van der Waals surface area contributed by atoms with Gasteiger partial charge >= 0.3 is 0 Å². The van der Waals surface area contributed by atoms with Gasteiger partial charge in [0.25, 0.3) is 0 Å². The maximum absolute atomic E-state index is 9.97. The van der Waals surface area contributed by atoms with Gasteiger partial charge in [-0.3, -0.25) is 0 Å². The third-order valence-corrected chi connectivity index (χ3v) is 5.04. The molecule has 1 saturated carbocycles. The van der Waals surface area contributed by atoms with E-state index in [1.165, 1.54) is 25.0 Å². The molecular formula is C16H33NO2S. The molecular weight excluding hydrogens is 270 g/mol. The zero-order valence-corrected chi connectivity index (χ0v) is 14.4. The average Bonchev–Trinajstić information content (AvgIpc) is 2.81. The predicted octanol–water partition coefficient (Wildman–Crippen LogP) is 3.06. The van der Waals surface area contributed by atoms with Crippen molar-refractivity contribution in [3.05, 3.63) is 0 Å². The number of hydrogen-bond donors (Lipinski definition) is 2. The molecule has 4 unspecified atom stereocenters. The second-order valence-electron chi connectivity index (χ2n) is 6.42. The summed E-state index contributed by atoms with van der Waals surface area (Å²) in [4.78, 5) is 0. The van der Waals surface area contributed by atoms with E-state index in [4.69, 9.17) is 4.74 Å². The molecule has 0 amide bonds. The SMILES string of the molecule is CCSC1CCC(NCC(O)COC(C)CC(C)C)C1. The van der Waals surface area contributed by atoms with Gasteiger partial charge in [0, 0.05) is 17.8 Å². The molecule has 1 aliphatic carbocycles. The Balaban J connectivity index is 2.07. The lowest BCUT2D eigenvalue weighted by atomic mass is 10.1. The second-order valence-corrected chi connectivity index (χ2v) is 8.00. The maximum atomic E-state index is 9.97. The van der Waals surface area contributed by atoms with Crippen LogP contribution in [0, 0.1) is 5.92 Å². The van der Waals surface area contributed by atoms with Crippen LogP contribution in [0.3, 0.4) is 0 Å². The number of aliphatic hydroxyl groups excluding tert-OH is 1. The Labute approximate surface area is 129 Å². The summed E-state index contributed by atoms with van der Waals surface area (Å²) >= 11 is 2.07. The number of thioether (sulfide) groups is 1. The van der Waals surface area contributed by atoms with Crippen LogP contribution in [0.1, 0.15) is 53.4 Å². The molecule has 0 aromatic rings. The lowest BCUT2D eigenvalue weighted by Gasteiger charge is -2.20. The lowest BCUT2D eigenvalue weighted by molar-refractivity contribution is -0.00920. The summed E-state index contributed by atoms with van der Waals surface area (Å²) in [7, 11) is 0. The largest absolute Gasteiger partial charge is 0.389 e. The van der Waals surface area contributed by atoms with Crippen molar-refractivity contribution in [2.24, 2.45) is 5.92 Å². The van der Waals surface area contributed by atoms with Gasteiger partial charge in [-0.1, -0.05) is 20.8 Å². The smallest absolute Gasteiger partial charge is 0.0897 e. The molecule has 1 fully saturated rings. The third kappa shape index (κ3) is 7.87. The van der Waals surface area contributed by atoms with E-state index < -0.39 is 0 Å². The molecule has 20 heavy (non-hydrogen) atoms. The van der Waals surface area contributed by atoms with Gasteiger partial charge in [0.2, 0.25) is 0 Å². The lowest BCUT2D eigenvalue weighted by Crippen LogP contribution is -2.37. The Kier molecular flexibility index (Phi) is 9.18. The van der Waals surface area contributed by atoms with E-state index in [1.807, 2.05) is 0 Å². The van der Waals surface area contributed by atoms with E-state index in [-0.39, 0.29) is 12.2 Å². The molecule has 1 rings (SSSR count). The van der Waals surface area contributed by atoms with Crippen molar-refractivity contribution < 1.29 is 9.84 Å². The predicted molar refractivity (Wildman–Crippen MR) is 88.4 cm³/mol. The van der Waals surface area contributed by atoms with Gasteiger partial charge in [-0.05, 0) is 44.3 Å². The minimum absolute atomic E-state index is 0.237. The van der Waals surface area contributed by atoms with Crippen molar-refractivity contribution in [2.45, 2.75) is 76.9 Å². The molecule has 0 radical (unpaired) electrons. The molecule has 0 aromatic heterocycles. The van der Waals surface area contributed by atoms with Crippen molar-refractivity contribution in [1.82, 2.24) is 5.32 Å². The number of hydrogen-bond acceptors (Lipinski definition) is 4. The normalized spacial score (nSPS) is 26.1. The Bertz CT molecular complexity index is 251. The molecule has 1 aliphatic rings. The molecule has 4 heteroatoms. The Morgan fingerprint density at radius 1 is 1.30 bits per heavy atom. The molecule has 3 nitrogen and oxygen atoms in total. The van der Waals surface area contributed by atoms with Gasteiger partial charge in [0.15, 0.2) is 0 Å². The Hall–Kier alpha value is 0.230. The number of nitrogens with one attached hydrogen (secondary N) is 1. The number of rotatable bonds is 10. The van der Waals surface area contributed by atoms with E-state index in [0.29, 0.717) is 25.1 Å². The van der Waals surface area contributed by atoms with Crippen molar-refractivity contribution in [2.75, 3.05) is 18.9 Å². The highest BCUT2D eigenvalue weighted by Crippen LogP contribution is 2.29. The summed E-state index contributed by atoms with van der Waals surface area (Å²) in [5.41, 5.74) is 0. The van der Waals surface area contributed by atoms with Crippen LogP contribution in [0.2, 0.25) is 0 Å². The quantitative estimate of drug-likeness (QED) is 0.651. The van der Waals surface area contributed by atoms with E-state index in [9.17, 15) is 5.11 Å². The van der Waals surface area contributed by atoms with Crippen molar-refractivity contribution in [1.29, 1.82) is 0 Å². The van der Waals surface area contributed by atoms with Crippen LogP contribution in [-0.4, -0.2) is 47.5 Å². The van der Waals surface area contributed by atoms with E-state index in [1.54, 1.807) is 0 Å². The first-order chi connectivity index (χ1) is 9.51. The molecule has 0 saturated heterocycles. The fourth-order valence-corrected chi connectivity index (χ4v) is 4.02. The highest BCUT2D eigenvalue weighted by molar-refractivity contribution is 7.99. The fraction of sp³-hybridized carbons (Fsp3) is 1.00. The van der Waals surface area contributed by atoms with Crippen LogP contribution in [0.25, 0.3) is 0 Å². The summed E-state index contributed by atoms with van der Waals surface area (Å²) in [5.74, 6) is 1.86. The molecule has 0 bridgehead atoms. The molecule has 0 aromatic carbocycles. The summed E-state index contributed by atoms with van der Waals surface area (Å²) in [5, 5.41) is 14.3. The van der Waals surface area contributed by atoms with Gasteiger partial charge in [-0.15, -0.1) is 0 Å². The minimum atomic E-state index is -0.387. The highest BCUT2D eigenvalue weighted by Gasteiger charge is 2.24. The van der Waals surface area contributed by atoms with Crippen molar-refractivity contribution in [3.63, 3.8) is 0 Å². The minimum Gasteiger partial charge on any atom is -0.389 e. The monoisotopic (exact) mass is 303 g/mol. The van der Waals surface area contributed by atoms with E-state index >= 15 is 0 Å². The molecule has 120 valence electrons. The number of ether oxygens (including phenoxy) is 1. The van der Waals surface area contributed by atoms with Crippen LogP contribution in [-0.2, 0) is 4.74 Å². The first kappa shape index (κ1) is 18.3. The zero-order chi connectivity index (χ0) is 15.0. The third-order valence-electron chi connectivity index (χ3n) is 3.81. The van der Waals surface area contributed by atoms with Crippen LogP contribution in [0.15, 0.2) is 0 Å². The topological polar surface area (TPSA) is 41.5 Å². The Morgan fingerprint density at radius 2 is 2.05 bits per heavy atom. The van der Waals surface area contributed by atoms with Gasteiger partial charge in [0.1, 0.15) is 0 Å². The standard InChI is InChI=1S/C16H33NO2S/c1-5-20-16-7-6-14(9-16)17-10-15(18)11-19-13(4)8-12(2)3/h12-18H,5-11H2,1-4H3. The summed E-state index contributed by atoms with van der Waals surface area (Å²) in [6.45, 7) is 9.81. The van der Waals surface area contributed by atoms with Gasteiger partial charge in [0.05, 0.1) is 18.8 Å². The van der Waals surface area contributed by atoms with Crippen LogP contribution in [0.5, 0.6) is 0 Å². The fourth-order valence-electron chi connectivity index (χ4n) is 2.88. The van der Waals surface area contributed by atoms with Gasteiger partial charge in [-0.25, -0.2) is 0 Å². The molecule has 0 aliphatic heterocycles. The van der Waals surface area contributed by atoms with Gasteiger partial charge < -0.3 is 15.2 Å². The molecule has 0 heterocycles. The second kappa shape index (κ2) is 10.0. The summed E-state index contributed by atoms with van der Waals surface area (Å²) < 4.78 is 5.70.